The van der Waals surface area contributed by atoms with Gasteiger partial charge in [0.25, 0.3) is 5.91 Å². The molecule has 1 aliphatic heterocycles. The maximum atomic E-state index is 13.3. The van der Waals surface area contributed by atoms with Crippen molar-refractivity contribution in [3.05, 3.63) is 95.3 Å². The average molecular weight is 482 g/mol. The van der Waals surface area contributed by atoms with E-state index in [0.29, 0.717) is 5.56 Å². The molecule has 1 aliphatic rings. The second-order valence-corrected chi connectivity index (χ2v) is 9.18. The molecule has 8 nitrogen and oxygen atoms in total. The molecule has 4 aromatic rings. The van der Waals surface area contributed by atoms with Crippen LogP contribution in [-0.2, 0) is 21.7 Å². The highest BCUT2D eigenvalue weighted by molar-refractivity contribution is 6.09. The van der Waals surface area contributed by atoms with Crippen LogP contribution in [0.25, 0.3) is 16.5 Å². The zero-order valence-electron chi connectivity index (χ0n) is 20.4. The van der Waals surface area contributed by atoms with Gasteiger partial charge in [0.2, 0.25) is 5.91 Å². The Bertz CT molecular complexity index is 1490. The van der Waals surface area contributed by atoms with Crippen LogP contribution in [0.5, 0.6) is 0 Å². The van der Waals surface area contributed by atoms with Crippen molar-refractivity contribution < 1.29 is 14.4 Å². The van der Waals surface area contributed by atoms with Gasteiger partial charge < -0.3 is 10.6 Å². The number of fused-ring (bicyclic) bond motifs is 1. The van der Waals surface area contributed by atoms with Crippen LogP contribution in [-0.4, -0.2) is 39.1 Å². The van der Waals surface area contributed by atoms with E-state index in [1.54, 1.807) is 6.92 Å². The number of rotatable bonds is 6. The number of imide groups is 1. The predicted octanol–water partition coefficient (Wildman–Crippen LogP) is 3.73. The molecule has 1 atom stereocenters. The summed E-state index contributed by atoms with van der Waals surface area (Å²) in [7, 11) is 0. The fourth-order valence-corrected chi connectivity index (χ4v) is 4.67. The van der Waals surface area contributed by atoms with Gasteiger partial charge in [-0.1, -0.05) is 54.6 Å². The van der Waals surface area contributed by atoms with Gasteiger partial charge in [0.15, 0.2) is 0 Å². The van der Waals surface area contributed by atoms with E-state index in [-0.39, 0.29) is 13.1 Å². The Morgan fingerprint density at radius 1 is 0.972 bits per heavy atom. The van der Waals surface area contributed by atoms with Gasteiger partial charge in [0.05, 0.1) is 11.4 Å². The van der Waals surface area contributed by atoms with Crippen molar-refractivity contribution in [1.82, 2.24) is 25.3 Å². The van der Waals surface area contributed by atoms with Crippen molar-refractivity contribution in [3.8, 4) is 5.69 Å². The number of aryl methyl sites for hydroxylation is 1. The third-order valence-corrected chi connectivity index (χ3v) is 6.81. The zero-order chi connectivity index (χ0) is 25.4. The third-order valence-electron chi connectivity index (χ3n) is 6.81. The highest BCUT2D eigenvalue weighted by Gasteiger charge is 2.49. The van der Waals surface area contributed by atoms with E-state index in [4.69, 9.17) is 0 Å². The largest absolute Gasteiger partial charge is 0.350 e. The lowest BCUT2D eigenvalue weighted by molar-refractivity contribution is -0.134. The van der Waals surface area contributed by atoms with Crippen LogP contribution in [0, 0.1) is 13.8 Å². The van der Waals surface area contributed by atoms with E-state index >= 15 is 0 Å². The number of aromatic nitrogens is 2. The highest BCUT2D eigenvalue weighted by Crippen LogP contribution is 2.31. The van der Waals surface area contributed by atoms with Crippen molar-refractivity contribution in [2.45, 2.75) is 32.9 Å². The zero-order valence-corrected chi connectivity index (χ0v) is 20.4. The van der Waals surface area contributed by atoms with E-state index in [1.165, 1.54) is 0 Å². The van der Waals surface area contributed by atoms with Crippen LogP contribution in [0.1, 0.15) is 29.4 Å². The number of para-hydroxylation sites is 1. The predicted molar refractivity (Wildman–Crippen MR) is 136 cm³/mol. The van der Waals surface area contributed by atoms with Crippen molar-refractivity contribution in [2.75, 3.05) is 6.54 Å². The lowest BCUT2D eigenvalue weighted by Gasteiger charge is -2.22. The van der Waals surface area contributed by atoms with Crippen molar-refractivity contribution in [1.29, 1.82) is 0 Å². The van der Waals surface area contributed by atoms with E-state index < -0.39 is 23.4 Å². The summed E-state index contributed by atoms with van der Waals surface area (Å²) in [6, 6.07) is 22.6. The second kappa shape index (κ2) is 8.96. The van der Waals surface area contributed by atoms with Gasteiger partial charge in [-0.3, -0.25) is 14.5 Å². The normalized spacial score (nSPS) is 17.5. The van der Waals surface area contributed by atoms with Gasteiger partial charge in [-0.05, 0) is 55.3 Å². The molecule has 8 heteroatoms. The number of carbonyl (C=O) groups is 3. The highest BCUT2D eigenvalue weighted by atomic mass is 16.2. The summed E-state index contributed by atoms with van der Waals surface area (Å²) in [4.78, 5) is 39.8. The van der Waals surface area contributed by atoms with Crippen molar-refractivity contribution in [2.24, 2.45) is 0 Å². The number of carbonyl (C=O) groups excluding carboxylic acids is 3. The summed E-state index contributed by atoms with van der Waals surface area (Å²) >= 11 is 0. The molecule has 0 radical (unpaired) electrons. The first-order valence-electron chi connectivity index (χ1n) is 11.8. The SMILES string of the molecule is Cc1nn(-c2ccccc2)c(C)c1CNC(=O)CN1C(=O)N[C@@](C)(c2ccc3ccccc3c2)C1=O. The third kappa shape index (κ3) is 4.00. The number of hydrogen-bond acceptors (Lipinski definition) is 4. The van der Waals surface area contributed by atoms with Crippen molar-refractivity contribution >= 4 is 28.6 Å². The molecule has 1 aromatic heterocycles. The maximum Gasteiger partial charge on any atom is 0.325 e. The number of urea groups is 1. The topological polar surface area (TPSA) is 96.3 Å². The van der Waals surface area contributed by atoms with E-state index in [0.717, 1.165) is 38.3 Å². The Balaban J connectivity index is 1.28. The van der Waals surface area contributed by atoms with Crippen LogP contribution < -0.4 is 10.6 Å². The molecule has 182 valence electrons. The van der Waals surface area contributed by atoms with Crippen LogP contribution in [0.3, 0.4) is 0 Å². The molecule has 2 N–H and O–H groups in total. The summed E-state index contributed by atoms with van der Waals surface area (Å²) in [5.74, 6) is -0.880. The summed E-state index contributed by atoms with van der Waals surface area (Å²) in [6.07, 6.45) is 0. The van der Waals surface area contributed by atoms with E-state index in [2.05, 4.69) is 15.7 Å². The second-order valence-electron chi connectivity index (χ2n) is 9.18. The minimum Gasteiger partial charge on any atom is -0.350 e. The van der Waals surface area contributed by atoms with E-state index in [9.17, 15) is 14.4 Å². The minimum atomic E-state index is -1.24. The van der Waals surface area contributed by atoms with Crippen LogP contribution in [0.2, 0.25) is 0 Å². The monoisotopic (exact) mass is 481 g/mol. The molecule has 0 unspecified atom stereocenters. The molecule has 2 heterocycles. The molecule has 4 amide bonds. The van der Waals surface area contributed by atoms with Gasteiger partial charge in [-0.2, -0.15) is 5.10 Å². The van der Waals surface area contributed by atoms with Crippen LogP contribution in [0.15, 0.2) is 72.8 Å². The molecule has 0 aliphatic carbocycles. The summed E-state index contributed by atoms with van der Waals surface area (Å²) in [5.41, 5.74) is 2.97. The molecule has 0 spiro atoms. The lowest BCUT2D eigenvalue weighted by Crippen LogP contribution is -2.43. The summed E-state index contributed by atoms with van der Waals surface area (Å²) in [5, 5.41) is 12.2. The van der Waals surface area contributed by atoms with Gasteiger partial charge in [-0.15, -0.1) is 0 Å². The smallest absolute Gasteiger partial charge is 0.325 e. The molecule has 3 aromatic carbocycles. The minimum absolute atomic E-state index is 0.245. The van der Waals surface area contributed by atoms with Gasteiger partial charge in [0, 0.05) is 17.8 Å². The molecule has 0 saturated carbocycles. The molecule has 1 saturated heterocycles. The Morgan fingerprint density at radius 2 is 1.67 bits per heavy atom. The standard InChI is InChI=1S/C28H27N5O3/c1-18-24(19(2)33(31-18)23-11-5-4-6-12-23)16-29-25(34)17-32-26(35)28(3,30-27(32)36)22-14-13-20-9-7-8-10-21(20)15-22/h4-15H,16-17H2,1-3H3,(H,29,34)(H,30,36)/t28-/m0/s1. The molecule has 0 bridgehead atoms. The Morgan fingerprint density at radius 3 is 2.42 bits per heavy atom. The maximum absolute atomic E-state index is 13.3. The number of amides is 4. The van der Waals surface area contributed by atoms with Crippen LogP contribution in [0.4, 0.5) is 4.79 Å². The van der Waals surface area contributed by atoms with E-state index in [1.807, 2.05) is 91.3 Å². The number of nitrogens with zero attached hydrogens (tertiary/aromatic N) is 3. The molecule has 1 fully saturated rings. The summed E-state index contributed by atoms with van der Waals surface area (Å²) < 4.78 is 1.84. The summed E-state index contributed by atoms with van der Waals surface area (Å²) in [6.45, 7) is 5.38. The van der Waals surface area contributed by atoms with Gasteiger partial charge in [0.1, 0.15) is 12.1 Å². The van der Waals surface area contributed by atoms with Gasteiger partial charge in [-0.25, -0.2) is 9.48 Å². The lowest BCUT2D eigenvalue weighted by atomic mass is 9.90. The molecular formula is C28H27N5O3. The number of nitrogens with one attached hydrogen (secondary N) is 2. The fraction of sp³-hybridized carbons (Fsp3) is 0.214. The van der Waals surface area contributed by atoms with Crippen LogP contribution >= 0.6 is 0 Å². The Hall–Kier alpha value is -4.46. The number of hydrogen-bond donors (Lipinski definition) is 2. The van der Waals surface area contributed by atoms with Gasteiger partial charge >= 0.3 is 6.03 Å². The first kappa shape index (κ1) is 23.3. The molecular weight excluding hydrogens is 454 g/mol. The quantitative estimate of drug-likeness (QED) is 0.410. The first-order chi connectivity index (χ1) is 17.3. The Labute approximate surface area is 208 Å². The Kier molecular flexibility index (Phi) is 5.80. The average Bonchev–Trinajstić information content (AvgIpc) is 3.29. The fourth-order valence-electron chi connectivity index (χ4n) is 4.67. The molecule has 36 heavy (non-hydrogen) atoms. The van der Waals surface area contributed by atoms with Crippen molar-refractivity contribution in [3.63, 3.8) is 0 Å². The number of benzene rings is 3. The molecule has 5 rings (SSSR count). The first-order valence-corrected chi connectivity index (χ1v) is 11.8.